The third kappa shape index (κ3) is 5.00. The summed E-state index contributed by atoms with van der Waals surface area (Å²) in [7, 11) is 0. The molecule has 0 aliphatic rings. The Morgan fingerprint density at radius 3 is 2.55 bits per heavy atom. The molecule has 3 rings (SSSR count). The Morgan fingerprint density at radius 1 is 1.17 bits per heavy atom. The number of hydrogen-bond donors (Lipinski definition) is 1. The molecule has 8 nitrogen and oxygen atoms in total. The second-order valence-electron chi connectivity index (χ2n) is 6.35. The summed E-state index contributed by atoms with van der Waals surface area (Å²) in [6.07, 6.45) is 0. The molecule has 0 saturated heterocycles. The zero-order valence-corrected chi connectivity index (χ0v) is 17.0. The van der Waals surface area contributed by atoms with Crippen molar-refractivity contribution in [1.82, 2.24) is 20.1 Å². The van der Waals surface area contributed by atoms with Gasteiger partial charge in [-0.2, -0.15) is 0 Å². The molecule has 0 unspecified atom stereocenters. The predicted molar refractivity (Wildman–Crippen MR) is 111 cm³/mol. The van der Waals surface area contributed by atoms with E-state index in [0.717, 1.165) is 16.3 Å². The average molecular weight is 411 g/mol. The number of aromatic nitrogens is 3. The topological polar surface area (TPSA) is 103 Å². The van der Waals surface area contributed by atoms with Gasteiger partial charge in [0.1, 0.15) is 0 Å². The monoisotopic (exact) mass is 411 g/mol. The van der Waals surface area contributed by atoms with Gasteiger partial charge in [0.05, 0.1) is 11.5 Å². The Bertz CT molecular complexity index is 1020. The van der Waals surface area contributed by atoms with Crippen molar-refractivity contribution in [3.05, 3.63) is 81.2 Å². The van der Waals surface area contributed by atoms with Gasteiger partial charge in [0, 0.05) is 30.0 Å². The SMILES string of the molecule is CCn1c(CNC(=O)c2ccccc2C)nnc1SCc1ccc([N+](=O)[O-])cc1. The molecule has 1 aromatic heterocycles. The van der Waals surface area contributed by atoms with Crippen LogP contribution in [0.5, 0.6) is 0 Å². The Morgan fingerprint density at radius 2 is 1.90 bits per heavy atom. The summed E-state index contributed by atoms with van der Waals surface area (Å²) in [6.45, 7) is 4.85. The molecule has 0 fully saturated rings. The van der Waals surface area contributed by atoms with Gasteiger partial charge in [-0.1, -0.05) is 42.1 Å². The summed E-state index contributed by atoms with van der Waals surface area (Å²) in [5.41, 5.74) is 2.59. The molecule has 0 atom stereocenters. The molecule has 3 aromatic rings. The maximum atomic E-state index is 12.4. The molecular weight excluding hydrogens is 390 g/mol. The van der Waals surface area contributed by atoms with Crippen LogP contribution in [0.15, 0.2) is 53.7 Å². The summed E-state index contributed by atoms with van der Waals surface area (Å²) >= 11 is 1.50. The Balaban J connectivity index is 1.63. The predicted octanol–water partition coefficient (Wildman–Crippen LogP) is 3.74. The lowest BCUT2D eigenvalue weighted by molar-refractivity contribution is -0.384. The zero-order chi connectivity index (χ0) is 20.8. The number of hydrogen-bond acceptors (Lipinski definition) is 6. The van der Waals surface area contributed by atoms with Crippen molar-refractivity contribution in [2.45, 2.75) is 37.8 Å². The fraction of sp³-hybridized carbons (Fsp3) is 0.250. The molecule has 2 aromatic carbocycles. The van der Waals surface area contributed by atoms with E-state index in [9.17, 15) is 14.9 Å². The van der Waals surface area contributed by atoms with Crippen molar-refractivity contribution < 1.29 is 9.72 Å². The van der Waals surface area contributed by atoms with E-state index < -0.39 is 4.92 Å². The van der Waals surface area contributed by atoms with Gasteiger partial charge in [0.2, 0.25) is 0 Å². The lowest BCUT2D eigenvalue weighted by Gasteiger charge is -2.09. The third-order valence-electron chi connectivity index (χ3n) is 4.42. The van der Waals surface area contributed by atoms with Crippen LogP contribution in [0.4, 0.5) is 5.69 Å². The number of rotatable bonds is 8. The highest BCUT2D eigenvalue weighted by Crippen LogP contribution is 2.23. The minimum Gasteiger partial charge on any atom is -0.345 e. The number of non-ortho nitro benzene ring substituents is 1. The van der Waals surface area contributed by atoms with Crippen molar-refractivity contribution in [3.8, 4) is 0 Å². The van der Waals surface area contributed by atoms with Gasteiger partial charge >= 0.3 is 0 Å². The Kier molecular flexibility index (Phi) is 6.61. The number of nitrogens with one attached hydrogen (secondary N) is 1. The van der Waals surface area contributed by atoms with E-state index in [4.69, 9.17) is 0 Å². The normalized spacial score (nSPS) is 10.7. The molecule has 29 heavy (non-hydrogen) atoms. The van der Waals surface area contributed by atoms with Crippen LogP contribution >= 0.6 is 11.8 Å². The second-order valence-corrected chi connectivity index (χ2v) is 7.30. The largest absolute Gasteiger partial charge is 0.345 e. The van der Waals surface area contributed by atoms with Gasteiger partial charge in [0.15, 0.2) is 11.0 Å². The Labute approximate surface area is 172 Å². The molecule has 150 valence electrons. The lowest BCUT2D eigenvalue weighted by Crippen LogP contribution is -2.25. The van der Waals surface area contributed by atoms with Crippen molar-refractivity contribution in [3.63, 3.8) is 0 Å². The molecule has 0 radical (unpaired) electrons. The number of carbonyl (C=O) groups is 1. The van der Waals surface area contributed by atoms with Crippen LogP contribution in [-0.2, 0) is 18.8 Å². The molecule has 0 bridgehead atoms. The first kappa shape index (κ1) is 20.5. The van der Waals surface area contributed by atoms with Gasteiger partial charge < -0.3 is 9.88 Å². The first-order valence-electron chi connectivity index (χ1n) is 9.11. The lowest BCUT2D eigenvalue weighted by atomic mass is 10.1. The van der Waals surface area contributed by atoms with E-state index in [2.05, 4.69) is 15.5 Å². The Hall–Kier alpha value is -3.20. The number of nitro benzene ring substituents is 1. The minimum atomic E-state index is -0.415. The van der Waals surface area contributed by atoms with Gasteiger partial charge in [-0.3, -0.25) is 14.9 Å². The first-order valence-corrected chi connectivity index (χ1v) is 10.1. The number of nitrogens with zero attached hydrogens (tertiary/aromatic N) is 4. The zero-order valence-electron chi connectivity index (χ0n) is 16.2. The highest BCUT2D eigenvalue weighted by molar-refractivity contribution is 7.98. The quantitative estimate of drug-likeness (QED) is 0.344. The van der Waals surface area contributed by atoms with E-state index >= 15 is 0 Å². The average Bonchev–Trinajstić information content (AvgIpc) is 3.13. The number of aryl methyl sites for hydroxylation is 1. The van der Waals surface area contributed by atoms with Crippen molar-refractivity contribution >= 4 is 23.4 Å². The van der Waals surface area contributed by atoms with Crippen molar-refractivity contribution in [2.24, 2.45) is 0 Å². The molecule has 0 spiro atoms. The van der Waals surface area contributed by atoms with Crippen LogP contribution in [0.3, 0.4) is 0 Å². The summed E-state index contributed by atoms with van der Waals surface area (Å²) in [4.78, 5) is 22.7. The van der Waals surface area contributed by atoms with Crippen molar-refractivity contribution in [2.75, 3.05) is 0 Å². The maximum Gasteiger partial charge on any atom is 0.269 e. The number of nitro groups is 1. The molecular formula is C20H21N5O3S. The molecule has 1 N–H and O–H groups in total. The highest BCUT2D eigenvalue weighted by atomic mass is 32.2. The molecule has 1 amide bonds. The summed E-state index contributed by atoms with van der Waals surface area (Å²) in [5.74, 6) is 1.15. The maximum absolute atomic E-state index is 12.4. The minimum absolute atomic E-state index is 0.0714. The van der Waals surface area contributed by atoms with Crippen LogP contribution in [0.25, 0.3) is 0 Å². The number of thioether (sulfide) groups is 1. The summed E-state index contributed by atoms with van der Waals surface area (Å²) < 4.78 is 1.95. The van der Waals surface area contributed by atoms with E-state index in [1.165, 1.54) is 23.9 Å². The molecule has 1 heterocycles. The molecule has 0 aliphatic carbocycles. The van der Waals surface area contributed by atoms with E-state index in [0.29, 0.717) is 23.7 Å². The van der Waals surface area contributed by atoms with Crippen molar-refractivity contribution in [1.29, 1.82) is 0 Å². The highest BCUT2D eigenvalue weighted by Gasteiger charge is 2.14. The second kappa shape index (κ2) is 9.33. The fourth-order valence-corrected chi connectivity index (χ4v) is 3.80. The van der Waals surface area contributed by atoms with Crippen LogP contribution in [-0.4, -0.2) is 25.6 Å². The number of carbonyl (C=O) groups excluding carboxylic acids is 1. The van der Waals surface area contributed by atoms with E-state index in [1.54, 1.807) is 18.2 Å². The van der Waals surface area contributed by atoms with Gasteiger partial charge in [0.25, 0.3) is 11.6 Å². The fourth-order valence-electron chi connectivity index (χ4n) is 2.82. The van der Waals surface area contributed by atoms with Gasteiger partial charge in [-0.05, 0) is 31.0 Å². The smallest absolute Gasteiger partial charge is 0.269 e. The molecule has 0 aliphatic heterocycles. The van der Waals surface area contributed by atoms with Crippen LogP contribution in [0.1, 0.15) is 34.2 Å². The van der Waals surface area contributed by atoms with E-state index in [-0.39, 0.29) is 18.1 Å². The number of amides is 1. The summed E-state index contributed by atoms with van der Waals surface area (Å²) in [5, 5.41) is 22.8. The molecule has 9 heteroatoms. The van der Waals surface area contributed by atoms with Crippen LogP contribution < -0.4 is 5.32 Å². The standard InChI is InChI=1S/C20H21N5O3S/c1-3-24-18(12-21-19(26)17-7-5-4-6-14(17)2)22-23-20(24)29-13-15-8-10-16(11-9-15)25(27)28/h4-11H,3,12-13H2,1-2H3,(H,21,26). The summed E-state index contributed by atoms with van der Waals surface area (Å²) in [6, 6.07) is 13.9. The number of benzene rings is 2. The van der Waals surface area contributed by atoms with Crippen LogP contribution in [0, 0.1) is 17.0 Å². The third-order valence-corrected chi connectivity index (χ3v) is 5.46. The first-order chi connectivity index (χ1) is 14.0. The van der Waals surface area contributed by atoms with Gasteiger partial charge in [-0.25, -0.2) is 0 Å². The van der Waals surface area contributed by atoms with Crippen LogP contribution in [0.2, 0.25) is 0 Å². The molecule has 0 saturated carbocycles. The van der Waals surface area contributed by atoms with E-state index in [1.807, 2.05) is 36.6 Å². The van der Waals surface area contributed by atoms with Gasteiger partial charge in [-0.15, -0.1) is 10.2 Å².